The van der Waals surface area contributed by atoms with E-state index in [1.807, 2.05) is 41.3 Å². The summed E-state index contributed by atoms with van der Waals surface area (Å²) in [4.78, 5) is 20.7. The lowest BCUT2D eigenvalue weighted by Crippen LogP contribution is -2.39. The van der Waals surface area contributed by atoms with Gasteiger partial charge in [-0.25, -0.2) is 0 Å². The molecule has 0 atom stereocenters. The van der Waals surface area contributed by atoms with Gasteiger partial charge < -0.3 is 39.0 Å². The van der Waals surface area contributed by atoms with E-state index < -0.39 is 0 Å². The van der Waals surface area contributed by atoms with Gasteiger partial charge in [-0.15, -0.1) is 0 Å². The second-order valence-electron chi connectivity index (χ2n) is 15.5. The Kier molecular flexibility index (Phi) is 21.7. The first-order chi connectivity index (χ1) is 28.0. The third-order valence-corrected chi connectivity index (χ3v) is 10.7. The minimum absolute atomic E-state index is 0.0914. The molecule has 2 aliphatic heterocycles. The Morgan fingerprint density at radius 2 is 1.02 bits per heavy atom. The van der Waals surface area contributed by atoms with Crippen molar-refractivity contribution in [3.63, 3.8) is 0 Å². The highest BCUT2D eigenvalue weighted by atomic mass is 16.7. The summed E-state index contributed by atoms with van der Waals surface area (Å²) in [7, 11) is 0. The Morgan fingerprint density at radius 3 is 1.58 bits per heavy atom. The molecular weight excluding hydrogens is 713 g/mol. The molecule has 3 aromatic carbocycles. The predicted octanol–water partition coefficient (Wildman–Crippen LogP) is 10.1. The van der Waals surface area contributed by atoms with Crippen LogP contribution in [0.15, 0.2) is 60.7 Å². The summed E-state index contributed by atoms with van der Waals surface area (Å²) < 4.78 is 21.8. The van der Waals surface area contributed by atoms with Gasteiger partial charge >= 0.3 is 0 Å². The lowest BCUT2D eigenvalue weighted by molar-refractivity contribution is 0.0720. The number of hydrogen-bond donors (Lipinski definition) is 1. The van der Waals surface area contributed by atoms with Gasteiger partial charge in [0.2, 0.25) is 13.6 Å². The molecule has 0 saturated heterocycles. The number of nitrogens with zero attached hydrogens (tertiary/aromatic N) is 3. The van der Waals surface area contributed by atoms with Crippen molar-refractivity contribution in [2.45, 2.75) is 125 Å². The first kappa shape index (κ1) is 45.9. The van der Waals surface area contributed by atoms with Crippen LogP contribution in [-0.4, -0.2) is 86.6 Å². The summed E-state index contributed by atoms with van der Waals surface area (Å²) in [5, 5.41) is 3.54. The maximum Gasteiger partial charge on any atom is 0.254 e. The second kappa shape index (κ2) is 27.0. The van der Waals surface area contributed by atoms with Crippen LogP contribution in [0.3, 0.4) is 0 Å². The van der Waals surface area contributed by atoms with Gasteiger partial charge in [-0.05, 0) is 118 Å². The maximum atomic E-state index is 13.6. The third kappa shape index (κ3) is 16.5. The maximum absolute atomic E-state index is 13.6. The monoisotopic (exact) mass is 787 g/mol. The van der Waals surface area contributed by atoms with Crippen LogP contribution in [0.2, 0.25) is 0 Å². The number of aryl methyl sites for hydroxylation is 1. The number of hydrogen-bond acceptors (Lipinski definition) is 8. The summed E-state index contributed by atoms with van der Waals surface area (Å²) in [6.07, 6.45) is 14.6. The molecule has 0 fully saturated rings. The Labute approximate surface area is 345 Å². The molecule has 0 bridgehead atoms. The van der Waals surface area contributed by atoms with Gasteiger partial charge in [0.1, 0.15) is 0 Å². The molecule has 3 aromatic rings. The fourth-order valence-electron chi connectivity index (χ4n) is 7.07. The van der Waals surface area contributed by atoms with E-state index in [1.54, 1.807) is 0 Å². The first-order valence-electron chi connectivity index (χ1n) is 22.3. The topological polar surface area (TPSA) is 75.7 Å². The molecule has 5 rings (SSSR count). The number of unbranched alkanes of at least 4 members (excludes halogenated alkanes) is 6. The fraction of sp³-hybridized carbons (Fsp3) is 0.604. The van der Waals surface area contributed by atoms with Gasteiger partial charge in [0.15, 0.2) is 23.0 Å². The number of carbonyl (C=O) groups excluding carboxylic acids is 1. The number of carbonyl (C=O) groups is 1. The van der Waals surface area contributed by atoms with Crippen molar-refractivity contribution in [3.8, 4) is 23.0 Å². The van der Waals surface area contributed by atoms with Gasteiger partial charge in [-0.3, -0.25) is 4.79 Å². The lowest BCUT2D eigenvalue weighted by Gasteiger charge is -2.28. The number of ether oxygens (including phenoxy) is 4. The summed E-state index contributed by atoms with van der Waals surface area (Å²) >= 11 is 0. The second-order valence-corrected chi connectivity index (χ2v) is 15.5. The van der Waals surface area contributed by atoms with Crippen LogP contribution in [0.4, 0.5) is 0 Å². The van der Waals surface area contributed by atoms with E-state index in [4.69, 9.17) is 18.9 Å². The molecule has 0 saturated carbocycles. The molecule has 1 N–H and O–H groups in total. The Bertz CT molecular complexity index is 1530. The van der Waals surface area contributed by atoms with Crippen molar-refractivity contribution in [1.82, 2.24) is 20.0 Å². The molecule has 2 aliphatic rings. The zero-order valence-electron chi connectivity index (χ0n) is 36.1. The van der Waals surface area contributed by atoms with Gasteiger partial charge in [0.25, 0.3) is 5.91 Å². The Balaban J connectivity index is 0.000000281. The highest BCUT2D eigenvalue weighted by Crippen LogP contribution is 2.33. The van der Waals surface area contributed by atoms with Crippen LogP contribution < -0.4 is 24.3 Å². The summed E-state index contributed by atoms with van der Waals surface area (Å²) in [6.45, 7) is 21.7. The highest BCUT2D eigenvalue weighted by molar-refractivity contribution is 5.94. The standard InChI is InChI=1S/C30H44N2O3.C18H30N2O2/c1-4-7-10-11-25-12-15-27(16-13-25)30(33)32(21-20-31(18-8-5-2)19-9-6-3)23-26-14-17-28-29(22-26)35-24-34-28;1-3-5-10-20(11-6-4-2)12-9-19-14-16-7-8-17-18(13-16)22-15-21-17/h12-17,22H,4-11,18-21,23-24H2,1-3H3;7-8,13,19H,3-6,9-12,14-15H2,1-2H3. The molecule has 9 nitrogen and oxygen atoms in total. The van der Waals surface area contributed by atoms with E-state index >= 15 is 0 Å². The Hall–Kier alpha value is -3.79. The van der Waals surface area contributed by atoms with Crippen molar-refractivity contribution < 1.29 is 23.7 Å². The van der Waals surface area contributed by atoms with E-state index in [0.717, 1.165) is 79.8 Å². The molecule has 2 heterocycles. The van der Waals surface area contributed by atoms with Gasteiger partial charge in [-0.1, -0.05) is 97.4 Å². The minimum atomic E-state index is 0.0914. The average Bonchev–Trinajstić information content (AvgIpc) is 3.92. The van der Waals surface area contributed by atoms with E-state index in [1.165, 1.54) is 94.8 Å². The Morgan fingerprint density at radius 1 is 0.526 bits per heavy atom. The predicted molar refractivity (Wildman–Crippen MR) is 234 cm³/mol. The molecule has 0 unspecified atom stereocenters. The molecular formula is C48H74N4O5. The molecule has 0 spiro atoms. The molecule has 0 aromatic heterocycles. The van der Waals surface area contributed by atoms with Crippen molar-refractivity contribution in [2.24, 2.45) is 0 Å². The molecule has 9 heteroatoms. The van der Waals surface area contributed by atoms with E-state index in [9.17, 15) is 4.79 Å². The molecule has 57 heavy (non-hydrogen) atoms. The van der Waals surface area contributed by atoms with Crippen molar-refractivity contribution in [1.29, 1.82) is 0 Å². The van der Waals surface area contributed by atoms with Crippen LogP contribution in [0, 0.1) is 0 Å². The van der Waals surface area contributed by atoms with Gasteiger partial charge in [0.05, 0.1) is 0 Å². The number of benzene rings is 3. The third-order valence-electron chi connectivity index (χ3n) is 10.7. The fourth-order valence-corrected chi connectivity index (χ4v) is 7.07. The van der Waals surface area contributed by atoms with Crippen LogP contribution >= 0.6 is 0 Å². The summed E-state index contributed by atoms with van der Waals surface area (Å²) in [5.74, 6) is 3.35. The minimum Gasteiger partial charge on any atom is -0.454 e. The lowest BCUT2D eigenvalue weighted by atomic mass is 10.0. The van der Waals surface area contributed by atoms with E-state index in [0.29, 0.717) is 19.9 Å². The van der Waals surface area contributed by atoms with Crippen LogP contribution in [0.5, 0.6) is 23.0 Å². The molecule has 0 radical (unpaired) electrons. The number of fused-ring (bicyclic) bond motifs is 2. The van der Waals surface area contributed by atoms with Crippen molar-refractivity contribution in [3.05, 3.63) is 82.9 Å². The van der Waals surface area contributed by atoms with Gasteiger partial charge in [-0.2, -0.15) is 0 Å². The van der Waals surface area contributed by atoms with Crippen LogP contribution in [0.25, 0.3) is 0 Å². The van der Waals surface area contributed by atoms with Crippen LogP contribution in [0.1, 0.15) is 132 Å². The number of amides is 1. The normalized spacial score (nSPS) is 12.6. The largest absolute Gasteiger partial charge is 0.454 e. The highest BCUT2D eigenvalue weighted by Gasteiger charge is 2.20. The summed E-state index contributed by atoms with van der Waals surface area (Å²) in [5.41, 5.74) is 4.38. The number of nitrogens with one attached hydrogen (secondary N) is 1. The van der Waals surface area contributed by atoms with Crippen LogP contribution in [-0.2, 0) is 19.5 Å². The smallest absolute Gasteiger partial charge is 0.254 e. The SMILES string of the molecule is CCCCCc1ccc(C(=O)N(CCN(CCCC)CCCC)Cc2ccc3c(c2)OCO3)cc1.CCCCN(CCCC)CCNCc1ccc2c(c1)OCO2. The number of rotatable bonds is 27. The first-order valence-corrected chi connectivity index (χ1v) is 22.3. The zero-order chi connectivity index (χ0) is 40.5. The molecule has 0 aliphatic carbocycles. The molecule has 1 amide bonds. The average molecular weight is 787 g/mol. The van der Waals surface area contributed by atoms with Crippen molar-refractivity contribution >= 4 is 5.91 Å². The van der Waals surface area contributed by atoms with Gasteiger partial charge in [0, 0.05) is 44.8 Å². The van der Waals surface area contributed by atoms with Crippen molar-refractivity contribution in [2.75, 3.05) is 65.9 Å². The van der Waals surface area contributed by atoms with E-state index in [2.05, 4.69) is 74.0 Å². The van der Waals surface area contributed by atoms with E-state index in [-0.39, 0.29) is 12.7 Å². The quantitative estimate of drug-likeness (QED) is 0.0766. The summed E-state index contributed by atoms with van der Waals surface area (Å²) in [6, 6.07) is 20.4. The zero-order valence-corrected chi connectivity index (χ0v) is 36.1. The molecule has 316 valence electrons.